The summed E-state index contributed by atoms with van der Waals surface area (Å²) >= 11 is 0. The fraction of sp³-hybridized carbons (Fsp3) is 0. The number of hydrogen-bond acceptors (Lipinski definition) is 3. The number of non-ortho nitro benzene ring substituents is 1. The number of anilines is 2. The average Bonchev–Trinajstić information content (AvgIpc) is 2.48. The molecule has 0 radical (unpaired) electrons. The van der Waals surface area contributed by atoms with Crippen molar-refractivity contribution in [3.63, 3.8) is 0 Å². The molecule has 0 aromatic heterocycles. The van der Waals surface area contributed by atoms with Crippen LogP contribution in [-0.2, 0) is 0 Å². The highest BCUT2D eigenvalue weighted by atomic mass is 16.6. The van der Waals surface area contributed by atoms with Crippen molar-refractivity contribution in [1.29, 1.82) is 0 Å². The number of terminal acetylenes is 1. The monoisotopic (exact) mass is 281 g/mol. The molecule has 0 heterocycles. The number of benzene rings is 2. The Morgan fingerprint density at radius 3 is 1.90 bits per heavy atom. The molecule has 0 saturated carbocycles. The van der Waals surface area contributed by atoms with Crippen LogP contribution >= 0.6 is 0 Å². The van der Waals surface area contributed by atoms with Gasteiger partial charge in [0.05, 0.1) is 4.92 Å². The van der Waals surface area contributed by atoms with Gasteiger partial charge in [-0.15, -0.1) is 6.42 Å². The first-order valence-electron chi connectivity index (χ1n) is 5.97. The van der Waals surface area contributed by atoms with Gasteiger partial charge in [0.2, 0.25) is 0 Å². The molecule has 0 atom stereocenters. The molecule has 2 aromatic carbocycles. The van der Waals surface area contributed by atoms with Gasteiger partial charge in [-0.1, -0.05) is 5.92 Å². The maximum atomic E-state index is 11.8. The second kappa shape index (κ2) is 6.21. The molecule has 104 valence electrons. The number of carbonyl (C=O) groups is 1. The van der Waals surface area contributed by atoms with E-state index in [2.05, 4.69) is 16.6 Å². The van der Waals surface area contributed by atoms with Gasteiger partial charge in [0.25, 0.3) is 5.69 Å². The number of amides is 2. The number of urea groups is 1. The van der Waals surface area contributed by atoms with Crippen LogP contribution in [0.4, 0.5) is 21.9 Å². The summed E-state index contributed by atoms with van der Waals surface area (Å²) in [6, 6.07) is 11.9. The van der Waals surface area contributed by atoms with Crippen LogP contribution in [0.3, 0.4) is 0 Å². The molecule has 2 N–H and O–H groups in total. The Morgan fingerprint density at radius 2 is 1.48 bits per heavy atom. The summed E-state index contributed by atoms with van der Waals surface area (Å²) in [5, 5.41) is 15.7. The second-order valence-electron chi connectivity index (χ2n) is 4.10. The minimum absolute atomic E-state index is 0.0363. The summed E-state index contributed by atoms with van der Waals surface area (Å²) in [6.45, 7) is 0. The van der Waals surface area contributed by atoms with Gasteiger partial charge in [-0.2, -0.15) is 0 Å². The summed E-state index contributed by atoms with van der Waals surface area (Å²) in [5.74, 6) is 2.48. The minimum Gasteiger partial charge on any atom is -0.308 e. The predicted octanol–water partition coefficient (Wildman–Crippen LogP) is 3.22. The van der Waals surface area contributed by atoms with Gasteiger partial charge in [-0.3, -0.25) is 10.1 Å². The molecule has 2 aromatic rings. The molecule has 0 unspecified atom stereocenters. The number of nitro groups is 1. The van der Waals surface area contributed by atoms with Crippen LogP contribution in [-0.4, -0.2) is 11.0 Å². The lowest BCUT2D eigenvalue weighted by Gasteiger charge is -2.07. The van der Waals surface area contributed by atoms with Crippen molar-refractivity contribution >= 4 is 23.1 Å². The summed E-state index contributed by atoms with van der Waals surface area (Å²) in [5.41, 5.74) is 1.73. The zero-order valence-corrected chi connectivity index (χ0v) is 10.9. The molecular weight excluding hydrogens is 270 g/mol. The SMILES string of the molecule is C#Cc1ccc(NC(=O)Nc2ccc([N+](=O)[O-])cc2)cc1. The summed E-state index contributed by atoms with van der Waals surface area (Å²) in [6.07, 6.45) is 5.24. The third-order valence-corrected chi connectivity index (χ3v) is 2.65. The Hall–Kier alpha value is -3.33. The molecule has 0 saturated heterocycles. The largest absolute Gasteiger partial charge is 0.323 e. The highest BCUT2D eigenvalue weighted by Gasteiger charge is 2.06. The molecule has 0 aliphatic heterocycles. The lowest BCUT2D eigenvalue weighted by molar-refractivity contribution is -0.384. The number of nitrogens with zero attached hydrogens (tertiary/aromatic N) is 1. The van der Waals surface area contributed by atoms with Crippen LogP contribution in [0, 0.1) is 22.5 Å². The minimum atomic E-state index is -0.503. The van der Waals surface area contributed by atoms with Gasteiger partial charge in [-0.25, -0.2) is 4.79 Å². The van der Waals surface area contributed by atoms with Gasteiger partial charge in [0.15, 0.2) is 0 Å². The molecule has 0 fully saturated rings. The number of hydrogen-bond donors (Lipinski definition) is 2. The van der Waals surface area contributed by atoms with Crippen LogP contribution < -0.4 is 10.6 Å². The van der Waals surface area contributed by atoms with Gasteiger partial charge < -0.3 is 10.6 Å². The normalized spacial score (nSPS) is 9.48. The first-order valence-corrected chi connectivity index (χ1v) is 5.97. The molecule has 2 amide bonds. The number of nitrogens with one attached hydrogen (secondary N) is 2. The predicted molar refractivity (Wildman–Crippen MR) is 80.1 cm³/mol. The fourth-order valence-corrected chi connectivity index (χ4v) is 1.61. The van der Waals surface area contributed by atoms with Crippen LogP contribution in [0.2, 0.25) is 0 Å². The zero-order valence-electron chi connectivity index (χ0n) is 10.9. The van der Waals surface area contributed by atoms with E-state index in [0.29, 0.717) is 11.4 Å². The van der Waals surface area contributed by atoms with Crippen molar-refractivity contribution < 1.29 is 9.72 Å². The fourth-order valence-electron chi connectivity index (χ4n) is 1.61. The van der Waals surface area contributed by atoms with Gasteiger partial charge >= 0.3 is 6.03 Å². The summed E-state index contributed by atoms with van der Waals surface area (Å²) < 4.78 is 0. The van der Waals surface area contributed by atoms with E-state index in [1.165, 1.54) is 24.3 Å². The molecule has 6 heteroatoms. The van der Waals surface area contributed by atoms with E-state index in [4.69, 9.17) is 6.42 Å². The van der Waals surface area contributed by atoms with Gasteiger partial charge in [0, 0.05) is 29.1 Å². The molecule has 0 bridgehead atoms. The highest BCUT2D eigenvalue weighted by Crippen LogP contribution is 2.16. The second-order valence-corrected chi connectivity index (χ2v) is 4.10. The number of nitro benzene ring substituents is 1. The van der Waals surface area contributed by atoms with Crippen molar-refractivity contribution in [2.45, 2.75) is 0 Å². The quantitative estimate of drug-likeness (QED) is 0.514. The molecule has 0 aliphatic rings. The van der Waals surface area contributed by atoms with E-state index in [9.17, 15) is 14.9 Å². The molecular formula is C15H11N3O3. The molecule has 6 nitrogen and oxygen atoms in total. The highest BCUT2D eigenvalue weighted by molar-refractivity contribution is 5.99. The number of carbonyl (C=O) groups excluding carboxylic acids is 1. The lowest BCUT2D eigenvalue weighted by Crippen LogP contribution is -2.19. The van der Waals surface area contributed by atoms with Crippen molar-refractivity contribution in [2.24, 2.45) is 0 Å². The Labute approximate surface area is 120 Å². The standard InChI is InChI=1S/C15H11N3O3/c1-2-11-3-5-12(6-4-11)16-15(19)17-13-7-9-14(10-8-13)18(20)21/h1,3-10H,(H2,16,17,19). The Kier molecular flexibility index (Phi) is 4.17. The lowest BCUT2D eigenvalue weighted by atomic mass is 10.2. The van der Waals surface area contributed by atoms with Crippen molar-refractivity contribution in [2.75, 3.05) is 10.6 Å². The first-order chi connectivity index (χ1) is 10.1. The van der Waals surface area contributed by atoms with Gasteiger partial charge in [-0.05, 0) is 36.4 Å². The smallest absolute Gasteiger partial charge is 0.308 e. The van der Waals surface area contributed by atoms with Crippen LogP contribution in [0.1, 0.15) is 5.56 Å². The Balaban J connectivity index is 1.97. The van der Waals surface area contributed by atoms with E-state index < -0.39 is 11.0 Å². The third kappa shape index (κ3) is 3.81. The topological polar surface area (TPSA) is 84.3 Å². The average molecular weight is 281 g/mol. The number of rotatable bonds is 3. The maximum Gasteiger partial charge on any atom is 0.323 e. The Morgan fingerprint density at radius 1 is 1.00 bits per heavy atom. The van der Waals surface area contributed by atoms with Gasteiger partial charge in [0.1, 0.15) is 0 Å². The van der Waals surface area contributed by atoms with E-state index in [-0.39, 0.29) is 5.69 Å². The Bertz CT molecular complexity index is 700. The van der Waals surface area contributed by atoms with Crippen molar-refractivity contribution in [3.05, 3.63) is 64.2 Å². The van der Waals surface area contributed by atoms with Crippen molar-refractivity contribution in [3.8, 4) is 12.3 Å². The molecule has 0 spiro atoms. The molecule has 2 rings (SSSR count). The molecule has 21 heavy (non-hydrogen) atoms. The van der Waals surface area contributed by atoms with Crippen molar-refractivity contribution in [1.82, 2.24) is 0 Å². The molecule has 0 aliphatic carbocycles. The third-order valence-electron chi connectivity index (χ3n) is 2.65. The van der Waals surface area contributed by atoms with E-state index in [0.717, 1.165) is 5.56 Å². The summed E-state index contributed by atoms with van der Waals surface area (Å²) in [4.78, 5) is 21.8. The van der Waals surface area contributed by atoms with E-state index in [1.807, 2.05) is 0 Å². The van der Waals surface area contributed by atoms with Crippen LogP contribution in [0.15, 0.2) is 48.5 Å². The first kappa shape index (κ1) is 14.1. The zero-order chi connectivity index (χ0) is 15.2. The van der Waals surface area contributed by atoms with Crippen LogP contribution in [0.25, 0.3) is 0 Å². The van der Waals surface area contributed by atoms with Crippen LogP contribution in [0.5, 0.6) is 0 Å². The summed E-state index contributed by atoms with van der Waals surface area (Å²) in [7, 11) is 0. The van der Waals surface area contributed by atoms with E-state index in [1.54, 1.807) is 24.3 Å². The maximum absolute atomic E-state index is 11.8. The van der Waals surface area contributed by atoms with E-state index >= 15 is 0 Å².